The summed E-state index contributed by atoms with van der Waals surface area (Å²) in [4.78, 5) is 14.3. The highest BCUT2D eigenvalue weighted by atomic mass is 19.1. The molecule has 1 spiro atoms. The Morgan fingerprint density at radius 1 is 1.21 bits per heavy atom. The van der Waals surface area contributed by atoms with Crippen molar-refractivity contribution in [1.82, 2.24) is 4.90 Å². The number of hydrogen-bond donors (Lipinski definition) is 2. The van der Waals surface area contributed by atoms with Crippen molar-refractivity contribution in [3.05, 3.63) is 71.1 Å². The Morgan fingerprint density at radius 3 is 2.66 bits per heavy atom. The zero-order valence-electron chi connectivity index (χ0n) is 16.0. The van der Waals surface area contributed by atoms with Gasteiger partial charge in [-0.05, 0) is 61.0 Å². The van der Waals surface area contributed by atoms with Crippen LogP contribution in [0.25, 0.3) is 5.57 Å². The Labute approximate surface area is 167 Å². The van der Waals surface area contributed by atoms with E-state index >= 15 is 0 Å². The number of nitrogens with one attached hydrogen (secondary N) is 1. The van der Waals surface area contributed by atoms with E-state index in [-0.39, 0.29) is 23.9 Å². The molecular weight excluding hydrogens is 379 g/mol. The third-order valence-corrected chi connectivity index (χ3v) is 5.91. The fourth-order valence-corrected chi connectivity index (χ4v) is 4.66. The molecule has 2 heterocycles. The maximum Gasteiger partial charge on any atom is 0.220 e. The lowest BCUT2D eigenvalue weighted by molar-refractivity contribution is -0.134. The molecule has 7 heteroatoms. The van der Waals surface area contributed by atoms with Gasteiger partial charge in [0.1, 0.15) is 17.5 Å². The predicted molar refractivity (Wildman–Crippen MR) is 105 cm³/mol. The van der Waals surface area contributed by atoms with E-state index in [1.54, 1.807) is 17.0 Å². The maximum absolute atomic E-state index is 14.5. The zero-order valence-corrected chi connectivity index (χ0v) is 16.0. The average Bonchev–Trinajstić information content (AvgIpc) is 3.08. The highest BCUT2D eigenvalue weighted by molar-refractivity contribution is 5.84. The van der Waals surface area contributed by atoms with Gasteiger partial charge in [-0.3, -0.25) is 4.79 Å². The topological polar surface area (TPSA) is 58.4 Å². The van der Waals surface area contributed by atoms with Crippen LogP contribution in [0.1, 0.15) is 24.5 Å². The SMILES string of the molecule is CC(=O)N1CC(c2cc(F)ccc2F)=CC12c1cc(F)ccc1NCC2CCN. The number of halogens is 3. The van der Waals surface area contributed by atoms with Crippen LogP contribution in [0.4, 0.5) is 18.9 Å². The molecule has 0 fully saturated rings. The minimum atomic E-state index is -0.984. The Hall–Kier alpha value is -2.80. The van der Waals surface area contributed by atoms with Gasteiger partial charge in [0, 0.05) is 42.7 Å². The largest absolute Gasteiger partial charge is 0.384 e. The summed E-state index contributed by atoms with van der Waals surface area (Å²) >= 11 is 0. The number of nitrogens with two attached hydrogens (primary N) is 1. The van der Waals surface area contributed by atoms with Crippen LogP contribution in [0.2, 0.25) is 0 Å². The fraction of sp³-hybridized carbons (Fsp3) is 0.318. The number of carbonyl (C=O) groups is 1. The van der Waals surface area contributed by atoms with Crippen LogP contribution in [-0.4, -0.2) is 30.4 Å². The lowest BCUT2D eigenvalue weighted by atomic mass is 9.72. The second kappa shape index (κ2) is 7.22. The Kier molecular flexibility index (Phi) is 4.86. The van der Waals surface area contributed by atoms with E-state index in [0.717, 1.165) is 18.2 Å². The molecule has 0 saturated heterocycles. The summed E-state index contributed by atoms with van der Waals surface area (Å²) in [6, 6.07) is 7.65. The lowest BCUT2D eigenvalue weighted by Crippen LogP contribution is -2.54. The molecule has 2 atom stereocenters. The number of amides is 1. The molecule has 2 aromatic carbocycles. The van der Waals surface area contributed by atoms with Crippen LogP contribution in [0, 0.1) is 23.4 Å². The standard InChI is InChI=1S/C22H22F3N3O/c1-13(29)28-12-14(18-8-16(23)2-4-20(18)25)10-22(28)15(6-7-26)11-27-21-5-3-17(24)9-19(21)22/h2-5,8-10,15,27H,6-7,11-12,26H2,1H3. The van der Waals surface area contributed by atoms with E-state index in [9.17, 15) is 18.0 Å². The molecule has 4 rings (SSSR count). The third kappa shape index (κ3) is 3.09. The van der Waals surface area contributed by atoms with Crippen LogP contribution in [0.15, 0.2) is 42.5 Å². The molecule has 0 saturated carbocycles. The molecule has 4 nitrogen and oxygen atoms in total. The highest BCUT2D eigenvalue weighted by Crippen LogP contribution is 2.51. The van der Waals surface area contributed by atoms with Gasteiger partial charge >= 0.3 is 0 Å². The fourth-order valence-electron chi connectivity index (χ4n) is 4.66. The van der Waals surface area contributed by atoms with Crippen LogP contribution in [0.5, 0.6) is 0 Å². The lowest BCUT2D eigenvalue weighted by Gasteiger charge is -2.48. The molecule has 152 valence electrons. The van der Waals surface area contributed by atoms with Gasteiger partial charge in [0.25, 0.3) is 0 Å². The summed E-state index contributed by atoms with van der Waals surface area (Å²) < 4.78 is 42.6. The summed E-state index contributed by atoms with van der Waals surface area (Å²) in [6.45, 7) is 2.44. The van der Waals surface area contributed by atoms with Gasteiger partial charge in [-0.25, -0.2) is 13.2 Å². The van der Waals surface area contributed by atoms with E-state index in [1.165, 1.54) is 19.1 Å². The van der Waals surface area contributed by atoms with Crippen molar-refractivity contribution in [1.29, 1.82) is 0 Å². The molecule has 0 aromatic heterocycles. The van der Waals surface area contributed by atoms with Crippen molar-refractivity contribution >= 4 is 17.2 Å². The number of carbonyl (C=O) groups excluding carboxylic acids is 1. The van der Waals surface area contributed by atoms with E-state index in [0.29, 0.717) is 36.3 Å². The predicted octanol–water partition coefficient (Wildman–Crippen LogP) is 3.64. The molecule has 2 unspecified atom stereocenters. The average molecular weight is 401 g/mol. The monoisotopic (exact) mass is 401 g/mol. The quantitative estimate of drug-likeness (QED) is 0.826. The Balaban J connectivity index is 1.97. The second-order valence-corrected chi connectivity index (χ2v) is 7.57. The first-order chi connectivity index (χ1) is 13.9. The van der Waals surface area contributed by atoms with E-state index in [4.69, 9.17) is 5.73 Å². The van der Waals surface area contributed by atoms with Gasteiger partial charge in [0.2, 0.25) is 5.91 Å². The first-order valence-electron chi connectivity index (χ1n) is 9.56. The van der Waals surface area contributed by atoms with Crippen molar-refractivity contribution in [2.24, 2.45) is 11.7 Å². The van der Waals surface area contributed by atoms with Crippen molar-refractivity contribution < 1.29 is 18.0 Å². The molecule has 1 amide bonds. The van der Waals surface area contributed by atoms with Crippen LogP contribution < -0.4 is 11.1 Å². The number of rotatable bonds is 3. The minimum absolute atomic E-state index is 0.104. The number of fused-ring (bicyclic) bond motifs is 2. The maximum atomic E-state index is 14.5. The first kappa shape index (κ1) is 19.5. The zero-order chi connectivity index (χ0) is 20.8. The van der Waals surface area contributed by atoms with Gasteiger partial charge in [0.15, 0.2) is 0 Å². The van der Waals surface area contributed by atoms with Gasteiger partial charge < -0.3 is 16.0 Å². The smallest absolute Gasteiger partial charge is 0.220 e. The van der Waals surface area contributed by atoms with Crippen LogP contribution in [-0.2, 0) is 10.3 Å². The summed E-state index contributed by atoms with van der Waals surface area (Å²) in [5, 5.41) is 3.29. The number of anilines is 1. The molecule has 2 aliphatic rings. The van der Waals surface area contributed by atoms with Crippen molar-refractivity contribution in [3.63, 3.8) is 0 Å². The number of hydrogen-bond acceptors (Lipinski definition) is 3. The molecule has 29 heavy (non-hydrogen) atoms. The van der Waals surface area contributed by atoms with Crippen molar-refractivity contribution in [3.8, 4) is 0 Å². The van der Waals surface area contributed by atoms with Crippen LogP contribution >= 0.6 is 0 Å². The van der Waals surface area contributed by atoms with Crippen LogP contribution in [0.3, 0.4) is 0 Å². The summed E-state index contributed by atoms with van der Waals surface area (Å²) in [5.41, 5.74) is 6.77. The molecule has 0 bridgehead atoms. The normalized spacial score (nSPS) is 23.0. The molecule has 0 radical (unpaired) electrons. The summed E-state index contributed by atoms with van der Waals surface area (Å²) in [5.74, 6) is -1.94. The second-order valence-electron chi connectivity index (χ2n) is 7.57. The third-order valence-electron chi connectivity index (χ3n) is 5.91. The van der Waals surface area contributed by atoms with Crippen molar-refractivity contribution in [2.75, 3.05) is 25.0 Å². The van der Waals surface area contributed by atoms with Gasteiger partial charge in [0.05, 0.1) is 5.54 Å². The molecular formula is C22H22F3N3O. The number of benzene rings is 2. The Bertz CT molecular complexity index is 1010. The van der Waals surface area contributed by atoms with Gasteiger partial charge in [-0.15, -0.1) is 0 Å². The summed E-state index contributed by atoms with van der Waals surface area (Å²) in [6.07, 6.45) is 2.37. The number of nitrogens with zero attached hydrogens (tertiary/aromatic N) is 1. The van der Waals surface area contributed by atoms with E-state index in [1.807, 2.05) is 0 Å². The van der Waals surface area contributed by atoms with Gasteiger partial charge in [-0.2, -0.15) is 0 Å². The minimum Gasteiger partial charge on any atom is -0.384 e. The first-order valence-corrected chi connectivity index (χ1v) is 9.56. The summed E-state index contributed by atoms with van der Waals surface area (Å²) in [7, 11) is 0. The molecule has 2 aromatic rings. The van der Waals surface area contributed by atoms with E-state index < -0.39 is 23.0 Å². The van der Waals surface area contributed by atoms with E-state index in [2.05, 4.69) is 5.32 Å². The molecule has 0 aliphatic carbocycles. The van der Waals surface area contributed by atoms with Crippen molar-refractivity contribution in [2.45, 2.75) is 18.9 Å². The Morgan fingerprint density at radius 2 is 1.93 bits per heavy atom. The van der Waals surface area contributed by atoms with Gasteiger partial charge in [-0.1, -0.05) is 0 Å². The highest BCUT2D eigenvalue weighted by Gasteiger charge is 2.52. The molecule has 3 N–H and O–H groups in total. The molecule has 2 aliphatic heterocycles.